The number of benzene rings is 1. The maximum absolute atomic E-state index is 3.67. The zero-order valence-corrected chi connectivity index (χ0v) is 8.59. The van der Waals surface area contributed by atoms with Gasteiger partial charge >= 0.3 is 0 Å². The van der Waals surface area contributed by atoms with Crippen LogP contribution in [0.2, 0.25) is 0 Å². The minimum Gasteiger partial charge on any atom is -0.101 e. The predicted molar refractivity (Wildman–Crippen MR) is 60.4 cm³/mol. The average molecular weight is 172 g/mol. The fraction of sp³-hybridized carbons (Fsp3) is 0.231. The van der Waals surface area contributed by atoms with E-state index in [-0.39, 0.29) is 0 Å². The lowest BCUT2D eigenvalue weighted by Gasteiger charge is -1.91. The van der Waals surface area contributed by atoms with Gasteiger partial charge in [-0.05, 0) is 24.6 Å². The molecule has 0 N–H and O–H groups in total. The van der Waals surface area contributed by atoms with E-state index in [1.165, 1.54) is 0 Å². The van der Waals surface area contributed by atoms with Crippen LogP contribution in [0.3, 0.4) is 0 Å². The van der Waals surface area contributed by atoms with Gasteiger partial charge in [-0.25, -0.2) is 0 Å². The van der Waals surface area contributed by atoms with Crippen LogP contribution < -0.4 is 0 Å². The molecule has 68 valence electrons. The van der Waals surface area contributed by atoms with Gasteiger partial charge in [0.1, 0.15) is 0 Å². The second-order valence-corrected chi connectivity index (χ2v) is 2.20. The zero-order valence-electron chi connectivity index (χ0n) is 8.59. The van der Waals surface area contributed by atoms with Crippen molar-refractivity contribution in [3.63, 3.8) is 0 Å². The summed E-state index contributed by atoms with van der Waals surface area (Å²) in [5.41, 5.74) is 2.18. The van der Waals surface area contributed by atoms with Crippen molar-refractivity contribution in [2.45, 2.75) is 20.8 Å². The molecular weight excluding hydrogens is 156 g/mol. The molecule has 1 rings (SSSR count). The topological polar surface area (TPSA) is 0 Å². The zero-order chi connectivity index (χ0) is 10.1. The maximum atomic E-state index is 3.67. The molecule has 0 spiro atoms. The van der Waals surface area contributed by atoms with Gasteiger partial charge in [-0.3, -0.25) is 0 Å². The van der Waals surface area contributed by atoms with Crippen molar-refractivity contribution in [1.29, 1.82) is 0 Å². The van der Waals surface area contributed by atoms with Crippen molar-refractivity contribution in [1.82, 2.24) is 0 Å². The highest BCUT2D eigenvalue weighted by Gasteiger charge is 1.85. The maximum Gasteiger partial charge on any atom is 0.0245 e. The van der Waals surface area contributed by atoms with E-state index in [4.69, 9.17) is 0 Å². The van der Waals surface area contributed by atoms with Crippen LogP contribution in [0, 0.1) is 11.8 Å². The first-order valence-electron chi connectivity index (χ1n) is 4.52. The van der Waals surface area contributed by atoms with E-state index >= 15 is 0 Å². The van der Waals surface area contributed by atoms with Crippen molar-refractivity contribution in [2.24, 2.45) is 0 Å². The van der Waals surface area contributed by atoms with E-state index in [1.54, 1.807) is 0 Å². The number of hydrogen-bond acceptors (Lipinski definition) is 0. The van der Waals surface area contributed by atoms with E-state index in [9.17, 15) is 0 Å². The summed E-state index contributed by atoms with van der Waals surface area (Å²) < 4.78 is 0. The minimum atomic E-state index is 1.05. The molecule has 0 aliphatic heterocycles. The highest BCUT2D eigenvalue weighted by atomic mass is 13.9. The van der Waals surface area contributed by atoms with E-state index in [0.29, 0.717) is 0 Å². The molecule has 0 saturated carbocycles. The first-order chi connectivity index (χ1) is 6.36. The molecule has 1 aromatic carbocycles. The van der Waals surface area contributed by atoms with Crippen LogP contribution in [0.4, 0.5) is 0 Å². The van der Waals surface area contributed by atoms with Crippen molar-refractivity contribution in [3.05, 3.63) is 42.0 Å². The van der Waals surface area contributed by atoms with Crippen LogP contribution in [-0.2, 0) is 0 Å². The fourth-order valence-corrected chi connectivity index (χ4v) is 0.847. The molecular formula is C13H16. The Kier molecular flexibility index (Phi) is 6.37. The molecule has 1 aromatic rings. The first-order valence-corrected chi connectivity index (χ1v) is 4.52. The van der Waals surface area contributed by atoms with Gasteiger partial charge in [-0.2, -0.15) is 0 Å². The highest BCUT2D eigenvalue weighted by molar-refractivity contribution is 5.49. The molecule has 0 radical (unpaired) electrons. The Morgan fingerprint density at radius 1 is 1.15 bits per heavy atom. The molecule has 0 aliphatic rings. The third kappa shape index (κ3) is 4.18. The monoisotopic (exact) mass is 172 g/mol. The van der Waals surface area contributed by atoms with E-state index in [1.807, 2.05) is 51.1 Å². The van der Waals surface area contributed by atoms with Crippen molar-refractivity contribution < 1.29 is 0 Å². The highest BCUT2D eigenvalue weighted by Crippen LogP contribution is 2.03. The molecule has 0 heterocycles. The standard InChI is InChI=1S/C11H10.C2H6/c1-3-5-11-8-6-10(4-2)7-9-11;1-2/h4,6-9H,2H2,1H3;1-2H3. The number of rotatable bonds is 1. The van der Waals surface area contributed by atoms with Gasteiger partial charge in [0.15, 0.2) is 0 Å². The van der Waals surface area contributed by atoms with Gasteiger partial charge in [-0.15, -0.1) is 5.92 Å². The Morgan fingerprint density at radius 3 is 2.08 bits per heavy atom. The SMILES string of the molecule is C=Cc1ccc(C#CC)cc1.CC. The van der Waals surface area contributed by atoms with Crippen molar-refractivity contribution >= 4 is 6.08 Å². The quantitative estimate of drug-likeness (QED) is 0.566. The summed E-state index contributed by atoms with van der Waals surface area (Å²) in [4.78, 5) is 0. The summed E-state index contributed by atoms with van der Waals surface area (Å²) in [5, 5.41) is 0. The third-order valence-electron chi connectivity index (χ3n) is 1.42. The molecule has 0 heteroatoms. The second-order valence-electron chi connectivity index (χ2n) is 2.20. The van der Waals surface area contributed by atoms with Crippen molar-refractivity contribution in [3.8, 4) is 11.8 Å². The Morgan fingerprint density at radius 2 is 1.69 bits per heavy atom. The van der Waals surface area contributed by atoms with Gasteiger partial charge in [0.25, 0.3) is 0 Å². The van der Waals surface area contributed by atoms with Crippen LogP contribution in [0.1, 0.15) is 31.9 Å². The molecule has 0 nitrogen and oxygen atoms in total. The number of hydrogen-bond donors (Lipinski definition) is 0. The third-order valence-corrected chi connectivity index (χ3v) is 1.42. The molecule has 0 saturated heterocycles. The van der Waals surface area contributed by atoms with Gasteiger partial charge in [0, 0.05) is 5.56 Å². The fourth-order valence-electron chi connectivity index (χ4n) is 0.847. The lowest BCUT2D eigenvalue weighted by Crippen LogP contribution is -1.73. The Balaban J connectivity index is 0.000000671. The molecule has 13 heavy (non-hydrogen) atoms. The van der Waals surface area contributed by atoms with E-state index in [0.717, 1.165) is 11.1 Å². The average Bonchev–Trinajstić information content (AvgIpc) is 2.23. The lowest BCUT2D eigenvalue weighted by molar-refractivity contribution is 1.50. The van der Waals surface area contributed by atoms with Gasteiger partial charge in [-0.1, -0.05) is 44.6 Å². The van der Waals surface area contributed by atoms with Crippen LogP contribution in [0.5, 0.6) is 0 Å². The van der Waals surface area contributed by atoms with Gasteiger partial charge in [0.2, 0.25) is 0 Å². The molecule has 0 fully saturated rings. The van der Waals surface area contributed by atoms with Crippen molar-refractivity contribution in [2.75, 3.05) is 0 Å². The Hall–Kier alpha value is -1.48. The predicted octanol–water partition coefficient (Wildman–Crippen LogP) is 3.73. The van der Waals surface area contributed by atoms with Crippen LogP contribution >= 0.6 is 0 Å². The molecule has 0 unspecified atom stereocenters. The summed E-state index contributed by atoms with van der Waals surface area (Å²) in [7, 11) is 0. The Bertz CT molecular complexity index is 293. The van der Waals surface area contributed by atoms with Gasteiger partial charge < -0.3 is 0 Å². The summed E-state index contributed by atoms with van der Waals surface area (Å²) in [6.45, 7) is 9.51. The van der Waals surface area contributed by atoms with Gasteiger partial charge in [0.05, 0.1) is 0 Å². The Labute approximate surface area is 81.3 Å². The van der Waals surface area contributed by atoms with Crippen LogP contribution in [0.25, 0.3) is 6.08 Å². The normalized spacial score (nSPS) is 7.31. The van der Waals surface area contributed by atoms with E-state index in [2.05, 4.69) is 18.4 Å². The minimum absolute atomic E-state index is 1.05. The molecule has 0 amide bonds. The first kappa shape index (κ1) is 11.5. The summed E-state index contributed by atoms with van der Waals surface area (Å²) in [6.07, 6.45) is 1.82. The molecule has 0 bridgehead atoms. The molecule has 0 aliphatic carbocycles. The summed E-state index contributed by atoms with van der Waals surface area (Å²) in [6, 6.07) is 8.00. The molecule has 0 atom stereocenters. The smallest absolute Gasteiger partial charge is 0.0245 e. The summed E-state index contributed by atoms with van der Waals surface area (Å²) in [5.74, 6) is 5.82. The largest absolute Gasteiger partial charge is 0.101 e. The van der Waals surface area contributed by atoms with E-state index < -0.39 is 0 Å². The molecule has 0 aromatic heterocycles. The lowest BCUT2D eigenvalue weighted by atomic mass is 10.1. The van der Waals surface area contributed by atoms with Crippen LogP contribution in [0.15, 0.2) is 30.8 Å². The second kappa shape index (κ2) is 7.18. The summed E-state index contributed by atoms with van der Waals surface area (Å²) >= 11 is 0. The van der Waals surface area contributed by atoms with Crippen LogP contribution in [-0.4, -0.2) is 0 Å².